The summed E-state index contributed by atoms with van der Waals surface area (Å²) >= 11 is 0. The van der Waals surface area contributed by atoms with Gasteiger partial charge < -0.3 is 28.5 Å². The molecule has 22 heavy (non-hydrogen) atoms. The minimum Gasteiger partial charge on any atom is -0.491 e. The van der Waals surface area contributed by atoms with E-state index in [1.807, 2.05) is 30.3 Å². The van der Waals surface area contributed by atoms with E-state index >= 15 is 0 Å². The van der Waals surface area contributed by atoms with Gasteiger partial charge in [-0.1, -0.05) is 18.2 Å². The molecular weight excluding hydrogens is 302 g/mol. The topological polar surface area (TPSA) is 75.5 Å². The van der Waals surface area contributed by atoms with Crippen molar-refractivity contribution in [3.63, 3.8) is 0 Å². The lowest BCUT2D eigenvalue weighted by atomic mass is 10.3. The number of hydrogen-bond donors (Lipinski definition) is 1. The van der Waals surface area contributed by atoms with Crippen LogP contribution < -0.4 is 10.5 Å². The van der Waals surface area contributed by atoms with Gasteiger partial charge in [-0.15, -0.1) is 0 Å². The molecule has 0 spiro atoms. The molecule has 2 N–H and O–H groups in total. The second kappa shape index (κ2) is 10.7. The van der Waals surface area contributed by atoms with Gasteiger partial charge in [-0.05, 0) is 25.1 Å². The molecule has 6 nitrogen and oxygen atoms in total. The van der Waals surface area contributed by atoms with Gasteiger partial charge in [0.25, 0.3) is 0 Å². The van der Waals surface area contributed by atoms with E-state index < -0.39 is 8.80 Å². The van der Waals surface area contributed by atoms with Crippen LogP contribution in [0.1, 0.15) is 6.42 Å². The summed E-state index contributed by atoms with van der Waals surface area (Å²) in [5.74, 6) is 0.919. The zero-order chi connectivity index (χ0) is 16.3. The molecule has 1 aliphatic rings. The summed E-state index contributed by atoms with van der Waals surface area (Å²) in [5.41, 5.74) is 5.36. The first-order valence-electron chi connectivity index (χ1n) is 7.34. The Morgan fingerprint density at radius 2 is 1.73 bits per heavy atom. The highest BCUT2D eigenvalue weighted by atomic mass is 28.4. The zero-order valence-electron chi connectivity index (χ0n) is 13.6. The van der Waals surface area contributed by atoms with Crippen molar-refractivity contribution in [3.05, 3.63) is 30.3 Å². The highest BCUT2D eigenvalue weighted by Gasteiger charge is 2.36. The van der Waals surface area contributed by atoms with Crippen LogP contribution in [0.2, 0.25) is 6.04 Å². The monoisotopic (exact) mass is 329 g/mol. The lowest BCUT2D eigenvalue weighted by molar-refractivity contribution is 0.123. The Morgan fingerprint density at radius 3 is 2.18 bits per heavy atom. The first kappa shape index (κ1) is 19.1. The predicted molar refractivity (Wildman–Crippen MR) is 86.9 cm³/mol. The summed E-state index contributed by atoms with van der Waals surface area (Å²) in [6, 6.07) is 10.6. The van der Waals surface area contributed by atoms with Crippen LogP contribution in [-0.2, 0) is 18.0 Å². The third kappa shape index (κ3) is 7.35. The van der Waals surface area contributed by atoms with Crippen molar-refractivity contribution < 1.29 is 22.8 Å². The Morgan fingerprint density at radius 1 is 1.14 bits per heavy atom. The van der Waals surface area contributed by atoms with E-state index in [0.717, 1.165) is 24.8 Å². The van der Waals surface area contributed by atoms with E-state index in [9.17, 15) is 0 Å². The summed E-state index contributed by atoms with van der Waals surface area (Å²) in [5, 5.41) is 0. The van der Waals surface area contributed by atoms with Gasteiger partial charge in [0.1, 0.15) is 18.5 Å². The minimum atomic E-state index is -2.32. The quantitative estimate of drug-likeness (QED) is 0.549. The van der Waals surface area contributed by atoms with Gasteiger partial charge in [0.15, 0.2) is 0 Å². The fourth-order valence-corrected chi connectivity index (χ4v) is 3.49. The molecule has 1 atom stereocenters. The highest BCUT2D eigenvalue weighted by Crippen LogP contribution is 2.14. The third-order valence-corrected chi connectivity index (χ3v) is 6.03. The number of rotatable bonds is 9. The molecule has 0 saturated carbocycles. The van der Waals surface area contributed by atoms with Gasteiger partial charge in [0.05, 0.1) is 6.61 Å². The van der Waals surface area contributed by atoms with Gasteiger partial charge in [-0.2, -0.15) is 0 Å². The van der Waals surface area contributed by atoms with Crippen molar-refractivity contribution in [3.8, 4) is 5.75 Å². The third-order valence-electron chi connectivity index (χ3n) is 3.20. The van der Waals surface area contributed by atoms with Crippen molar-refractivity contribution in [2.45, 2.75) is 18.6 Å². The molecule has 126 valence electrons. The van der Waals surface area contributed by atoms with Crippen molar-refractivity contribution >= 4 is 8.80 Å². The number of ether oxygens (including phenoxy) is 2. The Balaban J connectivity index is 0.000000220. The molecule has 1 aromatic carbocycles. The molecule has 1 heterocycles. The molecule has 0 bridgehead atoms. The molecule has 2 rings (SSSR count). The van der Waals surface area contributed by atoms with Crippen LogP contribution in [-0.4, -0.2) is 56.0 Å². The summed E-state index contributed by atoms with van der Waals surface area (Å²) < 4.78 is 25.9. The molecule has 1 unspecified atom stereocenters. The van der Waals surface area contributed by atoms with Gasteiger partial charge >= 0.3 is 8.80 Å². The summed E-state index contributed by atoms with van der Waals surface area (Å²) in [6.07, 6.45) is 1.22. The molecule has 7 heteroatoms. The number of nitrogens with two attached hydrogens (primary N) is 1. The Bertz CT molecular complexity index is 377. The van der Waals surface area contributed by atoms with Crippen molar-refractivity contribution in [1.82, 2.24) is 0 Å². The second-order valence-corrected chi connectivity index (χ2v) is 7.86. The van der Waals surface area contributed by atoms with Crippen LogP contribution in [0.3, 0.4) is 0 Å². The second-order valence-electron chi connectivity index (χ2n) is 4.77. The van der Waals surface area contributed by atoms with Gasteiger partial charge in [-0.25, -0.2) is 0 Å². The average Bonchev–Trinajstić information content (AvgIpc) is 3.41. The standard InChI is InChI=1S/C9H10O2.C6H17NO3Si/c1-2-4-8(5-3-1)10-6-9-7-11-9;1-8-11(9-2,10-3)6-4-5-7/h1-5,9H,6-7H2;4-7H2,1-3H3. The average molecular weight is 329 g/mol. The molecule has 1 saturated heterocycles. The van der Waals surface area contributed by atoms with Crippen LogP contribution in [0, 0.1) is 0 Å². The molecule has 0 amide bonds. The van der Waals surface area contributed by atoms with Crippen LogP contribution >= 0.6 is 0 Å². The first-order chi connectivity index (χ1) is 10.7. The molecule has 1 aromatic rings. The molecular formula is C15H27NO5Si. The van der Waals surface area contributed by atoms with Gasteiger partial charge in [0.2, 0.25) is 0 Å². The Kier molecular flexibility index (Phi) is 9.29. The van der Waals surface area contributed by atoms with Crippen LogP contribution in [0.15, 0.2) is 30.3 Å². The molecule has 0 aromatic heterocycles. The smallest absolute Gasteiger partial charge is 0.491 e. The molecule has 0 aliphatic carbocycles. The largest absolute Gasteiger partial charge is 0.500 e. The van der Waals surface area contributed by atoms with E-state index in [-0.39, 0.29) is 0 Å². The van der Waals surface area contributed by atoms with Crippen LogP contribution in [0.25, 0.3) is 0 Å². The maximum absolute atomic E-state index is 5.40. The zero-order valence-corrected chi connectivity index (χ0v) is 14.6. The number of benzene rings is 1. The lowest BCUT2D eigenvalue weighted by Crippen LogP contribution is -2.42. The van der Waals surface area contributed by atoms with E-state index in [2.05, 4.69) is 0 Å². The fourth-order valence-electron chi connectivity index (χ4n) is 1.74. The van der Waals surface area contributed by atoms with Gasteiger partial charge in [-0.3, -0.25) is 0 Å². The molecule has 1 fully saturated rings. The summed E-state index contributed by atoms with van der Waals surface area (Å²) in [4.78, 5) is 0. The van der Waals surface area contributed by atoms with Crippen molar-refractivity contribution in [1.29, 1.82) is 0 Å². The van der Waals surface area contributed by atoms with E-state index in [1.165, 1.54) is 0 Å². The molecule has 0 radical (unpaired) electrons. The summed E-state index contributed by atoms with van der Waals surface area (Å²) in [7, 11) is 2.50. The maximum Gasteiger partial charge on any atom is 0.500 e. The Hall–Kier alpha value is -0.963. The normalized spacial score (nSPS) is 16.6. The Labute approximate surface area is 133 Å². The minimum absolute atomic E-state index is 0.343. The van der Waals surface area contributed by atoms with Crippen LogP contribution in [0.4, 0.5) is 0 Å². The van der Waals surface area contributed by atoms with Crippen molar-refractivity contribution in [2.24, 2.45) is 5.73 Å². The van der Waals surface area contributed by atoms with E-state index in [0.29, 0.717) is 19.3 Å². The highest BCUT2D eigenvalue weighted by molar-refractivity contribution is 6.60. The predicted octanol–water partition coefficient (Wildman–Crippen LogP) is 1.68. The lowest BCUT2D eigenvalue weighted by Gasteiger charge is -2.23. The van der Waals surface area contributed by atoms with Crippen molar-refractivity contribution in [2.75, 3.05) is 41.1 Å². The summed E-state index contributed by atoms with van der Waals surface area (Å²) in [6.45, 7) is 2.18. The van der Waals surface area contributed by atoms with Gasteiger partial charge in [0, 0.05) is 27.4 Å². The number of hydrogen-bond acceptors (Lipinski definition) is 6. The molecule has 1 aliphatic heterocycles. The van der Waals surface area contributed by atoms with E-state index in [1.54, 1.807) is 21.3 Å². The number of para-hydroxylation sites is 1. The number of epoxide rings is 1. The first-order valence-corrected chi connectivity index (χ1v) is 9.28. The SMILES string of the molecule is CO[Si](CCCN)(OC)OC.c1ccc(OCC2CO2)cc1. The fraction of sp³-hybridized carbons (Fsp3) is 0.600. The van der Waals surface area contributed by atoms with E-state index in [4.69, 9.17) is 28.5 Å². The van der Waals surface area contributed by atoms with Crippen LogP contribution in [0.5, 0.6) is 5.75 Å². The maximum atomic E-state index is 5.40.